The molecule has 10 nitrogen and oxygen atoms in total. The Balaban J connectivity index is 1.72. The molecule has 0 aliphatic carbocycles. The molecule has 1 aromatic rings. The predicted octanol–water partition coefficient (Wildman–Crippen LogP) is -1.15. The fraction of sp³-hybridized carbons (Fsp3) is 0.714. The van der Waals surface area contributed by atoms with Crippen molar-refractivity contribution in [1.82, 2.24) is 9.98 Å². The van der Waals surface area contributed by atoms with Gasteiger partial charge >= 0.3 is 12.1 Å². The van der Waals surface area contributed by atoms with Gasteiger partial charge in [-0.2, -0.15) is 4.63 Å². The fourth-order valence-electron chi connectivity index (χ4n) is 1.27. The van der Waals surface area contributed by atoms with Crippen LogP contribution in [0.1, 0.15) is 6.42 Å². The average molecular weight is 249 g/mol. The van der Waals surface area contributed by atoms with Gasteiger partial charge < -0.3 is 19.4 Å². The summed E-state index contributed by atoms with van der Waals surface area (Å²) in [7, 11) is 1.17. The zero-order chi connectivity index (χ0) is 12.4. The molecule has 0 amide bonds. The molecule has 0 aromatic carbocycles. The molecular formula is C7H11N3O7. The van der Waals surface area contributed by atoms with Gasteiger partial charge in [0.2, 0.25) is 0 Å². The number of aromatic nitrogens is 2. The largest absolute Gasteiger partial charge is 0.510 e. The van der Waals surface area contributed by atoms with Crippen molar-refractivity contribution in [2.24, 2.45) is 0 Å². The van der Waals surface area contributed by atoms with Crippen LogP contribution in [0.25, 0.3) is 0 Å². The number of methoxy groups -OCH3 is 1. The van der Waals surface area contributed by atoms with Crippen LogP contribution in [0.3, 0.4) is 0 Å². The van der Waals surface area contributed by atoms with Gasteiger partial charge in [-0.05, 0) is 6.42 Å². The number of nitrogens with zero attached hydrogens (tertiary/aromatic N) is 3. The summed E-state index contributed by atoms with van der Waals surface area (Å²) in [6, 6.07) is -0.620. The van der Waals surface area contributed by atoms with Gasteiger partial charge in [-0.1, -0.05) is 0 Å². The van der Waals surface area contributed by atoms with Gasteiger partial charge in [0.25, 0.3) is 6.79 Å². The molecule has 1 aliphatic rings. The minimum atomic E-state index is -0.933. The molecule has 1 atom stereocenters. The van der Waals surface area contributed by atoms with E-state index in [2.05, 4.69) is 9.47 Å². The van der Waals surface area contributed by atoms with E-state index >= 15 is 0 Å². The molecule has 10 heteroatoms. The molecule has 17 heavy (non-hydrogen) atoms. The molecule has 96 valence electrons. The summed E-state index contributed by atoms with van der Waals surface area (Å²) in [6.45, 7) is 0.156. The lowest BCUT2D eigenvalue weighted by Gasteiger charge is -2.33. The highest BCUT2D eigenvalue weighted by atomic mass is 17.0. The van der Waals surface area contributed by atoms with Crippen LogP contribution in [0.15, 0.2) is 4.63 Å². The summed E-state index contributed by atoms with van der Waals surface area (Å²) in [5.41, 5.74) is 0. The van der Waals surface area contributed by atoms with Crippen molar-refractivity contribution in [3.05, 3.63) is 0 Å². The molecule has 0 bridgehead atoms. The molecule has 2 rings (SSSR count). The highest BCUT2D eigenvalue weighted by Gasteiger charge is 2.40. The number of rotatable bonds is 5. The zero-order valence-corrected chi connectivity index (χ0v) is 8.94. The molecule has 0 radical (unpaired) electrons. The van der Waals surface area contributed by atoms with E-state index in [4.69, 9.17) is 14.6 Å². The predicted molar refractivity (Wildman–Crippen MR) is 48.7 cm³/mol. The maximum Gasteiger partial charge on any atom is 0.510 e. The van der Waals surface area contributed by atoms with Crippen molar-refractivity contribution in [3.63, 3.8) is 0 Å². The average Bonchev–Trinajstić information content (AvgIpc) is 2.94. The summed E-state index contributed by atoms with van der Waals surface area (Å²) in [4.78, 5) is 27.2. The summed E-state index contributed by atoms with van der Waals surface area (Å²) >= 11 is 0. The molecule has 1 saturated heterocycles. The Bertz CT molecular complexity index is 405. The number of ether oxygens (including phenoxy) is 2. The Morgan fingerprint density at radius 3 is 2.82 bits per heavy atom. The van der Waals surface area contributed by atoms with Crippen molar-refractivity contribution in [1.29, 1.82) is 0 Å². The first-order chi connectivity index (χ1) is 8.13. The van der Waals surface area contributed by atoms with E-state index in [1.54, 1.807) is 0 Å². The standard InChI is InChI=1S/C7H11N3O7/c1-14-7(13)15-4-16-10-9(17-10)8-3-2-5(8)6(11)12/h5H,2-4H2,1H3,(H,11,12). The highest BCUT2D eigenvalue weighted by Crippen LogP contribution is 2.17. The maximum atomic E-state index is 10.7. The van der Waals surface area contributed by atoms with Gasteiger partial charge in [0, 0.05) is 6.54 Å². The first-order valence-corrected chi connectivity index (χ1v) is 4.74. The number of carboxylic acids is 1. The van der Waals surface area contributed by atoms with E-state index in [0.717, 1.165) is 9.98 Å². The minimum Gasteiger partial charge on any atom is -0.480 e. The van der Waals surface area contributed by atoms with Crippen molar-refractivity contribution in [2.75, 3.05) is 25.5 Å². The number of carbonyl (C=O) groups is 2. The van der Waals surface area contributed by atoms with Crippen LogP contribution >= 0.6 is 0 Å². The van der Waals surface area contributed by atoms with Crippen LogP contribution in [-0.2, 0) is 14.3 Å². The third-order valence-corrected chi connectivity index (χ3v) is 2.26. The van der Waals surface area contributed by atoms with Crippen LogP contribution < -0.4 is 9.85 Å². The number of carbonyl (C=O) groups excluding carboxylic acids is 1. The van der Waals surface area contributed by atoms with Gasteiger partial charge in [-0.3, -0.25) is 0 Å². The SMILES string of the molecule is COC(=O)OCOn1on1N1CCC1C(=O)O. The summed E-state index contributed by atoms with van der Waals surface area (Å²) in [6.07, 6.45) is -0.340. The van der Waals surface area contributed by atoms with Gasteiger partial charge in [-0.15, -0.1) is 0 Å². The van der Waals surface area contributed by atoms with E-state index in [1.807, 2.05) is 0 Å². The molecule has 0 saturated carbocycles. The molecular weight excluding hydrogens is 238 g/mol. The van der Waals surface area contributed by atoms with Crippen LogP contribution in [0.2, 0.25) is 0 Å². The Morgan fingerprint density at radius 1 is 1.53 bits per heavy atom. The third kappa shape index (κ3) is 2.29. The fourth-order valence-corrected chi connectivity index (χ4v) is 1.27. The molecule has 1 N–H and O–H groups in total. The molecule has 1 unspecified atom stereocenters. The summed E-state index contributed by atoms with van der Waals surface area (Å²) < 4.78 is 13.4. The Hall–Kier alpha value is -2.26. The lowest BCUT2D eigenvalue weighted by atomic mass is 10.1. The van der Waals surface area contributed by atoms with Crippen molar-refractivity contribution >= 4 is 12.1 Å². The molecule has 2 heterocycles. The van der Waals surface area contributed by atoms with Gasteiger partial charge in [-0.25, -0.2) is 14.6 Å². The highest BCUT2D eigenvalue weighted by molar-refractivity contribution is 5.77. The normalized spacial score (nSPS) is 18.6. The second-order valence-corrected chi connectivity index (χ2v) is 3.22. The van der Waals surface area contributed by atoms with Crippen LogP contribution in [-0.4, -0.2) is 53.7 Å². The van der Waals surface area contributed by atoms with Gasteiger partial charge in [0.15, 0.2) is 0 Å². The zero-order valence-electron chi connectivity index (χ0n) is 8.94. The van der Waals surface area contributed by atoms with Crippen LogP contribution in [0.5, 0.6) is 0 Å². The Labute approximate surface area is 94.6 Å². The monoisotopic (exact) mass is 249 g/mol. The van der Waals surface area contributed by atoms with Gasteiger partial charge in [0.1, 0.15) is 11.1 Å². The number of aliphatic carboxylic acids is 1. The second-order valence-electron chi connectivity index (χ2n) is 3.22. The van der Waals surface area contributed by atoms with E-state index in [1.165, 1.54) is 12.1 Å². The lowest BCUT2D eigenvalue weighted by Crippen LogP contribution is -2.57. The number of carboxylic acid groups (broad SMARTS) is 1. The van der Waals surface area contributed by atoms with Crippen molar-refractivity contribution in [2.45, 2.75) is 12.5 Å². The Kier molecular flexibility index (Phi) is 2.85. The summed E-state index contributed by atoms with van der Waals surface area (Å²) in [5.74, 6) is -0.933. The number of hydrogen-bond donors (Lipinski definition) is 1. The van der Waals surface area contributed by atoms with Crippen LogP contribution in [0.4, 0.5) is 4.79 Å². The third-order valence-electron chi connectivity index (χ3n) is 2.26. The first kappa shape index (κ1) is 11.2. The molecule has 0 spiro atoms. The second kappa shape index (κ2) is 4.31. The van der Waals surface area contributed by atoms with Crippen LogP contribution in [0, 0.1) is 0 Å². The van der Waals surface area contributed by atoms with Gasteiger partial charge in [0.05, 0.1) is 12.1 Å². The van der Waals surface area contributed by atoms with E-state index in [-0.39, 0.29) is 0 Å². The lowest BCUT2D eigenvalue weighted by molar-refractivity contribution is -0.141. The smallest absolute Gasteiger partial charge is 0.480 e. The molecule has 1 fully saturated rings. The quantitative estimate of drug-likeness (QED) is 0.514. The van der Waals surface area contributed by atoms with E-state index < -0.39 is 25.0 Å². The summed E-state index contributed by atoms with van der Waals surface area (Å²) in [5, 5.41) is 11.1. The van der Waals surface area contributed by atoms with Crippen molar-refractivity contribution < 1.29 is 33.6 Å². The van der Waals surface area contributed by atoms with Crippen molar-refractivity contribution in [3.8, 4) is 0 Å². The minimum absolute atomic E-state index is 0.394. The topological polar surface area (TPSA) is 108 Å². The van der Waals surface area contributed by atoms with E-state index in [9.17, 15) is 9.59 Å². The Morgan fingerprint density at radius 2 is 2.29 bits per heavy atom. The first-order valence-electron chi connectivity index (χ1n) is 4.74. The molecule has 1 aliphatic heterocycles. The van der Waals surface area contributed by atoms with E-state index in [0.29, 0.717) is 13.0 Å². The number of hydrogen-bond acceptors (Lipinski definition) is 7. The maximum absolute atomic E-state index is 10.7. The molecule has 1 aromatic heterocycles.